The second kappa shape index (κ2) is 8.08. The van der Waals surface area contributed by atoms with Gasteiger partial charge in [-0.1, -0.05) is 0 Å². The molecule has 0 saturated heterocycles. The summed E-state index contributed by atoms with van der Waals surface area (Å²) in [6.45, 7) is 15.0. The van der Waals surface area contributed by atoms with Gasteiger partial charge in [-0.15, -0.1) is 0 Å². The third-order valence-corrected chi connectivity index (χ3v) is 2.92. The Bertz CT molecular complexity index is 445. The lowest BCUT2D eigenvalue weighted by molar-refractivity contribution is 0.431. The molecule has 0 radical (unpaired) electrons. The predicted molar refractivity (Wildman–Crippen MR) is 88.7 cm³/mol. The average Bonchev–Trinajstić information content (AvgIpc) is 2.80. The van der Waals surface area contributed by atoms with E-state index in [1.165, 1.54) is 0 Å². The first-order valence-corrected chi connectivity index (χ1v) is 7.68. The summed E-state index contributed by atoms with van der Waals surface area (Å²) in [7, 11) is 0. The Morgan fingerprint density at radius 2 is 2.05 bits per heavy atom. The van der Waals surface area contributed by atoms with E-state index in [0.29, 0.717) is 0 Å². The Labute approximate surface area is 128 Å². The van der Waals surface area contributed by atoms with Crippen LogP contribution >= 0.6 is 0 Å². The van der Waals surface area contributed by atoms with E-state index in [-0.39, 0.29) is 11.6 Å². The van der Waals surface area contributed by atoms with Crippen molar-refractivity contribution in [2.24, 2.45) is 4.99 Å². The van der Waals surface area contributed by atoms with Crippen LogP contribution in [0.15, 0.2) is 21.5 Å². The Morgan fingerprint density at radius 1 is 1.33 bits per heavy atom. The molecule has 1 atom stereocenters. The molecule has 0 aliphatic rings. The van der Waals surface area contributed by atoms with Gasteiger partial charge in [-0.2, -0.15) is 0 Å². The lowest BCUT2D eigenvalue weighted by Crippen LogP contribution is -2.40. The van der Waals surface area contributed by atoms with E-state index in [1.807, 2.05) is 19.1 Å². The van der Waals surface area contributed by atoms with Crippen molar-refractivity contribution in [1.82, 2.24) is 16.0 Å². The van der Waals surface area contributed by atoms with Gasteiger partial charge in [-0.05, 0) is 53.7 Å². The zero-order valence-electron chi connectivity index (χ0n) is 14.2. The molecule has 1 aromatic heterocycles. The first-order chi connectivity index (χ1) is 9.81. The standard InChI is InChI=1S/C16H30N4O/c1-7-17-15(18-10-11-19-16(4,5)6)20-13(3)14-9-8-12(2)21-14/h8-9,13,19H,7,10-11H2,1-6H3,(H2,17,18,20). The van der Waals surface area contributed by atoms with Crippen molar-refractivity contribution in [1.29, 1.82) is 0 Å². The van der Waals surface area contributed by atoms with Crippen molar-refractivity contribution in [3.63, 3.8) is 0 Å². The first-order valence-electron chi connectivity index (χ1n) is 7.68. The number of nitrogens with zero attached hydrogens (tertiary/aromatic N) is 1. The molecule has 1 unspecified atom stereocenters. The molecular formula is C16H30N4O. The summed E-state index contributed by atoms with van der Waals surface area (Å²) >= 11 is 0. The monoisotopic (exact) mass is 294 g/mol. The molecule has 0 bridgehead atoms. The summed E-state index contributed by atoms with van der Waals surface area (Å²) in [5.41, 5.74) is 0.125. The highest BCUT2D eigenvalue weighted by atomic mass is 16.3. The summed E-state index contributed by atoms with van der Waals surface area (Å²) < 4.78 is 5.64. The lowest BCUT2D eigenvalue weighted by Gasteiger charge is -2.20. The SMILES string of the molecule is CCNC(=NCCNC(C)(C)C)NC(C)c1ccc(C)o1. The fourth-order valence-corrected chi connectivity index (χ4v) is 1.88. The normalized spacial score (nSPS) is 14.1. The highest BCUT2D eigenvalue weighted by Crippen LogP contribution is 2.15. The smallest absolute Gasteiger partial charge is 0.191 e. The average molecular weight is 294 g/mol. The fourth-order valence-electron chi connectivity index (χ4n) is 1.88. The number of furan rings is 1. The van der Waals surface area contributed by atoms with Crippen LogP contribution in [-0.2, 0) is 0 Å². The first kappa shape index (κ1) is 17.6. The van der Waals surface area contributed by atoms with Crippen molar-refractivity contribution in [3.8, 4) is 0 Å². The molecule has 3 N–H and O–H groups in total. The van der Waals surface area contributed by atoms with Crippen LogP contribution in [0.1, 0.15) is 52.2 Å². The molecule has 0 spiro atoms. The molecule has 1 aromatic rings. The van der Waals surface area contributed by atoms with Gasteiger partial charge < -0.3 is 20.4 Å². The molecule has 0 fully saturated rings. The third-order valence-electron chi connectivity index (χ3n) is 2.92. The van der Waals surface area contributed by atoms with Gasteiger partial charge in [0.2, 0.25) is 0 Å². The Kier molecular flexibility index (Phi) is 6.75. The largest absolute Gasteiger partial charge is 0.464 e. The second-order valence-electron chi connectivity index (χ2n) is 6.25. The van der Waals surface area contributed by atoms with Crippen molar-refractivity contribution in [2.45, 2.75) is 53.1 Å². The van der Waals surface area contributed by atoms with Crippen LogP contribution in [0, 0.1) is 6.92 Å². The Hall–Kier alpha value is -1.49. The summed E-state index contributed by atoms with van der Waals surface area (Å²) in [4.78, 5) is 4.58. The second-order valence-corrected chi connectivity index (χ2v) is 6.25. The zero-order valence-corrected chi connectivity index (χ0v) is 14.2. The van der Waals surface area contributed by atoms with E-state index in [0.717, 1.165) is 37.1 Å². The maximum absolute atomic E-state index is 5.64. The number of rotatable bonds is 6. The molecule has 1 rings (SSSR count). The van der Waals surface area contributed by atoms with E-state index in [4.69, 9.17) is 4.42 Å². The molecule has 21 heavy (non-hydrogen) atoms. The van der Waals surface area contributed by atoms with Crippen molar-refractivity contribution in [2.75, 3.05) is 19.6 Å². The Balaban J connectivity index is 2.52. The maximum Gasteiger partial charge on any atom is 0.191 e. The predicted octanol–water partition coefficient (Wildman–Crippen LogP) is 2.59. The summed E-state index contributed by atoms with van der Waals surface area (Å²) in [5, 5.41) is 10.0. The van der Waals surface area contributed by atoms with Gasteiger partial charge in [0.05, 0.1) is 12.6 Å². The number of guanidine groups is 1. The van der Waals surface area contributed by atoms with Gasteiger partial charge in [-0.3, -0.25) is 4.99 Å². The van der Waals surface area contributed by atoms with Crippen molar-refractivity contribution < 1.29 is 4.42 Å². The van der Waals surface area contributed by atoms with E-state index < -0.39 is 0 Å². The van der Waals surface area contributed by atoms with E-state index >= 15 is 0 Å². The van der Waals surface area contributed by atoms with Crippen LogP contribution in [0.5, 0.6) is 0 Å². The van der Waals surface area contributed by atoms with Gasteiger partial charge in [0, 0.05) is 18.6 Å². The minimum absolute atomic E-state index is 0.0899. The molecule has 0 aromatic carbocycles. The number of hydrogen-bond acceptors (Lipinski definition) is 3. The number of aliphatic imine (C=N–C) groups is 1. The fraction of sp³-hybridized carbons (Fsp3) is 0.688. The van der Waals surface area contributed by atoms with Crippen molar-refractivity contribution in [3.05, 3.63) is 23.7 Å². The highest BCUT2D eigenvalue weighted by molar-refractivity contribution is 5.80. The molecular weight excluding hydrogens is 264 g/mol. The van der Waals surface area contributed by atoms with Crippen LogP contribution in [0.25, 0.3) is 0 Å². The van der Waals surface area contributed by atoms with Crippen LogP contribution in [-0.4, -0.2) is 31.1 Å². The van der Waals surface area contributed by atoms with Crippen LogP contribution in [0.2, 0.25) is 0 Å². The van der Waals surface area contributed by atoms with Gasteiger partial charge in [0.15, 0.2) is 5.96 Å². The van der Waals surface area contributed by atoms with Crippen LogP contribution in [0.4, 0.5) is 0 Å². The number of nitrogens with one attached hydrogen (secondary N) is 3. The molecule has 0 amide bonds. The van der Waals surface area contributed by atoms with Gasteiger partial charge >= 0.3 is 0 Å². The topological polar surface area (TPSA) is 61.6 Å². The molecule has 1 heterocycles. The van der Waals surface area contributed by atoms with E-state index in [1.54, 1.807) is 0 Å². The van der Waals surface area contributed by atoms with Gasteiger partial charge in [0.1, 0.15) is 11.5 Å². The van der Waals surface area contributed by atoms with E-state index in [9.17, 15) is 0 Å². The summed E-state index contributed by atoms with van der Waals surface area (Å²) in [6.07, 6.45) is 0. The molecule has 5 nitrogen and oxygen atoms in total. The molecule has 0 aliphatic carbocycles. The van der Waals surface area contributed by atoms with E-state index in [2.05, 4.69) is 55.6 Å². The Morgan fingerprint density at radius 3 is 2.57 bits per heavy atom. The molecule has 0 saturated carbocycles. The van der Waals surface area contributed by atoms with Gasteiger partial charge in [0.25, 0.3) is 0 Å². The maximum atomic E-state index is 5.64. The lowest BCUT2D eigenvalue weighted by atomic mass is 10.1. The number of hydrogen-bond donors (Lipinski definition) is 3. The summed E-state index contributed by atoms with van der Waals surface area (Å²) in [5.74, 6) is 2.66. The number of aryl methyl sites for hydroxylation is 1. The highest BCUT2D eigenvalue weighted by Gasteiger charge is 2.11. The summed E-state index contributed by atoms with van der Waals surface area (Å²) in [6, 6.07) is 4.06. The third kappa shape index (κ3) is 7.18. The van der Waals surface area contributed by atoms with Gasteiger partial charge in [-0.25, -0.2) is 0 Å². The molecule has 5 heteroatoms. The quantitative estimate of drug-likeness (QED) is 0.429. The minimum atomic E-state index is 0.0899. The zero-order chi connectivity index (χ0) is 15.9. The van der Waals surface area contributed by atoms with Crippen molar-refractivity contribution >= 4 is 5.96 Å². The molecule has 120 valence electrons. The molecule has 0 aliphatic heterocycles. The minimum Gasteiger partial charge on any atom is -0.464 e. The van der Waals surface area contributed by atoms with Crippen LogP contribution in [0.3, 0.4) is 0 Å². The van der Waals surface area contributed by atoms with Crippen LogP contribution < -0.4 is 16.0 Å².